The van der Waals surface area contributed by atoms with Crippen molar-refractivity contribution in [3.8, 4) is 0 Å². The molecule has 1 amide bonds. The summed E-state index contributed by atoms with van der Waals surface area (Å²) < 4.78 is 26.9. The number of benzene rings is 1. The topological polar surface area (TPSA) is 20.3 Å². The zero-order chi connectivity index (χ0) is 15.5. The molecule has 0 heterocycles. The fraction of sp³-hybridized carbons (Fsp3) is 0.533. The van der Waals surface area contributed by atoms with Crippen molar-refractivity contribution in [2.75, 3.05) is 17.3 Å². The summed E-state index contributed by atoms with van der Waals surface area (Å²) in [6.07, 6.45) is 0. The van der Waals surface area contributed by atoms with Gasteiger partial charge in [-0.15, -0.1) is 11.6 Å². The van der Waals surface area contributed by atoms with Crippen molar-refractivity contribution in [2.45, 2.75) is 27.7 Å². The summed E-state index contributed by atoms with van der Waals surface area (Å²) >= 11 is 5.82. The van der Waals surface area contributed by atoms with Gasteiger partial charge in [0.15, 0.2) is 0 Å². The molecule has 1 aromatic carbocycles. The third-order valence-electron chi connectivity index (χ3n) is 2.91. The number of carbonyl (C=O) groups is 1. The number of nitrogens with zero attached hydrogens (tertiary/aromatic N) is 1. The SMILES string of the molecule is CC(C)CN(C(=O)C(C)(C)CCl)c1ccc(F)cc1F. The molecular weight excluding hydrogens is 284 g/mol. The minimum Gasteiger partial charge on any atom is -0.309 e. The van der Waals surface area contributed by atoms with Gasteiger partial charge in [0.05, 0.1) is 11.1 Å². The van der Waals surface area contributed by atoms with Gasteiger partial charge in [-0.05, 0) is 31.9 Å². The number of halogens is 3. The molecule has 0 aliphatic heterocycles. The molecule has 0 atom stereocenters. The van der Waals surface area contributed by atoms with Crippen molar-refractivity contribution in [1.82, 2.24) is 0 Å². The molecule has 0 unspecified atom stereocenters. The first-order valence-corrected chi connectivity index (χ1v) is 7.05. The van der Waals surface area contributed by atoms with E-state index < -0.39 is 17.0 Å². The molecule has 0 N–H and O–H groups in total. The van der Waals surface area contributed by atoms with Crippen molar-refractivity contribution in [3.05, 3.63) is 29.8 Å². The van der Waals surface area contributed by atoms with Crippen LogP contribution < -0.4 is 4.90 Å². The molecular formula is C15H20ClF2NO. The highest BCUT2D eigenvalue weighted by atomic mass is 35.5. The molecule has 1 rings (SSSR count). The van der Waals surface area contributed by atoms with Gasteiger partial charge in [-0.1, -0.05) is 13.8 Å². The third-order valence-corrected chi connectivity index (χ3v) is 3.57. The van der Waals surface area contributed by atoms with Gasteiger partial charge < -0.3 is 4.90 Å². The average Bonchev–Trinajstić information content (AvgIpc) is 2.35. The van der Waals surface area contributed by atoms with E-state index in [4.69, 9.17) is 11.6 Å². The van der Waals surface area contributed by atoms with E-state index in [0.717, 1.165) is 12.1 Å². The summed E-state index contributed by atoms with van der Waals surface area (Å²) in [5.74, 6) is -1.41. The number of alkyl halides is 1. The summed E-state index contributed by atoms with van der Waals surface area (Å²) in [5.41, 5.74) is -0.722. The first-order chi connectivity index (χ1) is 9.19. The Balaban J connectivity index is 3.22. The number of rotatable bonds is 5. The summed E-state index contributed by atoms with van der Waals surface area (Å²) in [7, 11) is 0. The van der Waals surface area contributed by atoms with Crippen LogP contribution in [0.1, 0.15) is 27.7 Å². The summed E-state index contributed by atoms with van der Waals surface area (Å²) in [6, 6.07) is 3.21. The largest absolute Gasteiger partial charge is 0.309 e. The molecule has 5 heteroatoms. The van der Waals surface area contributed by atoms with E-state index in [2.05, 4.69) is 0 Å². The number of hydrogen-bond acceptors (Lipinski definition) is 1. The van der Waals surface area contributed by atoms with Gasteiger partial charge in [-0.3, -0.25) is 4.79 Å². The van der Waals surface area contributed by atoms with Crippen LogP contribution in [0.2, 0.25) is 0 Å². The smallest absolute Gasteiger partial charge is 0.233 e. The van der Waals surface area contributed by atoms with Crippen LogP contribution in [0.25, 0.3) is 0 Å². The second kappa shape index (κ2) is 6.53. The van der Waals surface area contributed by atoms with Crippen molar-refractivity contribution in [1.29, 1.82) is 0 Å². The quantitative estimate of drug-likeness (QED) is 0.746. The molecule has 0 aliphatic rings. The second-order valence-corrected chi connectivity index (χ2v) is 6.19. The second-order valence-electron chi connectivity index (χ2n) is 5.92. The summed E-state index contributed by atoms with van der Waals surface area (Å²) in [4.78, 5) is 13.9. The van der Waals surface area contributed by atoms with Crippen LogP contribution in [0.4, 0.5) is 14.5 Å². The Morgan fingerprint density at radius 1 is 1.35 bits per heavy atom. The van der Waals surface area contributed by atoms with Crippen molar-refractivity contribution in [2.24, 2.45) is 11.3 Å². The van der Waals surface area contributed by atoms with E-state index in [1.807, 2.05) is 13.8 Å². The minimum atomic E-state index is -0.808. The van der Waals surface area contributed by atoms with Gasteiger partial charge in [-0.25, -0.2) is 8.78 Å². The van der Waals surface area contributed by atoms with Gasteiger partial charge >= 0.3 is 0 Å². The van der Waals surface area contributed by atoms with E-state index in [-0.39, 0.29) is 23.4 Å². The molecule has 0 spiro atoms. The first-order valence-electron chi connectivity index (χ1n) is 6.52. The van der Waals surface area contributed by atoms with Crippen molar-refractivity contribution >= 4 is 23.2 Å². The predicted octanol–water partition coefficient (Wildman–Crippen LogP) is 4.22. The van der Waals surface area contributed by atoms with Gasteiger partial charge in [0.25, 0.3) is 0 Å². The number of carbonyl (C=O) groups excluding carboxylic acids is 1. The zero-order valence-electron chi connectivity index (χ0n) is 12.2. The summed E-state index contributed by atoms with van der Waals surface area (Å²) in [6.45, 7) is 7.61. The maximum Gasteiger partial charge on any atom is 0.233 e. The van der Waals surface area contributed by atoms with Crippen LogP contribution in [0.5, 0.6) is 0 Å². The van der Waals surface area contributed by atoms with E-state index >= 15 is 0 Å². The molecule has 0 bridgehead atoms. The Labute approximate surface area is 123 Å². The molecule has 0 aromatic heterocycles. The monoisotopic (exact) mass is 303 g/mol. The highest BCUT2D eigenvalue weighted by Gasteiger charge is 2.33. The highest BCUT2D eigenvalue weighted by molar-refractivity contribution is 6.20. The minimum absolute atomic E-state index is 0.0864. The Morgan fingerprint density at radius 2 is 1.95 bits per heavy atom. The lowest BCUT2D eigenvalue weighted by Gasteiger charge is -2.32. The zero-order valence-corrected chi connectivity index (χ0v) is 13.0. The van der Waals surface area contributed by atoms with E-state index in [1.165, 1.54) is 11.0 Å². The van der Waals surface area contributed by atoms with Gasteiger partial charge in [0.1, 0.15) is 11.6 Å². The molecule has 1 aromatic rings. The summed E-state index contributed by atoms with van der Waals surface area (Å²) in [5, 5.41) is 0. The van der Waals surface area contributed by atoms with Gasteiger partial charge in [-0.2, -0.15) is 0 Å². The van der Waals surface area contributed by atoms with E-state index in [0.29, 0.717) is 6.54 Å². The Kier molecular flexibility index (Phi) is 5.51. The standard InChI is InChI=1S/C15H20ClF2NO/c1-10(2)8-19(14(20)15(3,4)9-16)13-6-5-11(17)7-12(13)18/h5-7,10H,8-9H2,1-4H3. The predicted molar refractivity (Wildman–Crippen MR) is 78.1 cm³/mol. The molecule has 112 valence electrons. The van der Waals surface area contributed by atoms with Crippen molar-refractivity contribution < 1.29 is 13.6 Å². The highest BCUT2D eigenvalue weighted by Crippen LogP contribution is 2.28. The van der Waals surface area contributed by atoms with Crippen LogP contribution >= 0.6 is 11.6 Å². The lowest BCUT2D eigenvalue weighted by molar-refractivity contribution is -0.125. The molecule has 0 saturated heterocycles. The maximum absolute atomic E-state index is 13.9. The molecule has 20 heavy (non-hydrogen) atoms. The molecule has 0 fully saturated rings. The Hall–Kier alpha value is -1.16. The van der Waals surface area contributed by atoms with Crippen LogP contribution in [0.15, 0.2) is 18.2 Å². The number of hydrogen-bond donors (Lipinski definition) is 0. The van der Waals surface area contributed by atoms with Crippen LogP contribution in [0, 0.1) is 23.0 Å². The Morgan fingerprint density at radius 3 is 2.40 bits per heavy atom. The molecule has 2 nitrogen and oxygen atoms in total. The van der Waals surface area contributed by atoms with Crippen LogP contribution in [-0.2, 0) is 4.79 Å². The van der Waals surface area contributed by atoms with E-state index in [9.17, 15) is 13.6 Å². The third kappa shape index (κ3) is 3.92. The average molecular weight is 304 g/mol. The molecule has 0 radical (unpaired) electrons. The number of amides is 1. The fourth-order valence-electron chi connectivity index (χ4n) is 1.78. The van der Waals surface area contributed by atoms with E-state index in [1.54, 1.807) is 13.8 Å². The first kappa shape index (κ1) is 16.9. The number of anilines is 1. The van der Waals surface area contributed by atoms with Crippen molar-refractivity contribution in [3.63, 3.8) is 0 Å². The lowest BCUT2D eigenvalue weighted by Crippen LogP contribution is -2.44. The molecule has 0 aliphatic carbocycles. The fourth-order valence-corrected chi connectivity index (χ4v) is 1.89. The van der Waals surface area contributed by atoms with Crippen LogP contribution in [0.3, 0.4) is 0 Å². The van der Waals surface area contributed by atoms with Gasteiger partial charge in [0, 0.05) is 18.5 Å². The Bertz CT molecular complexity index is 489. The van der Waals surface area contributed by atoms with Crippen LogP contribution in [-0.4, -0.2) is 18.3 Å². The van der Waals surface area contributed by atoms with Gasteiger partial charge in [0.2, 0.25) is 5.91 Å². The molecule has 0 saturated carbocycles. The maximum atomic E-state index is 13.9. The lowest BCUT2D eigenvalue weighted by atomic mass is 9.93. The normalized spacial score (nSPS) is 11.8.